The molecule has 1 heteroatoms. The molecular formula is C23H35N. The molecule has 4 aliphatic rings. The van der Waals surface area contributed by atoms with Crippen molar-refractivity contribution in [3.8, 4) is 12.3 Å². The maximum atomic E-state index is 5.87. The minimum Gasteiger partial charge on any atom is -0.333 e. The topological polar surface area (TPSA) is 26.0 Å². The molecule has 3 saturated carbocycles. The zero-order valence-electron chi connectivity index (χ0n) is 16.0. The van der Waals surface area contributed by atoms with E-state index in [1.54, 1.807) is 5.57 Å². The summed E-state index contributed by atoms with van der Waals surface area (Å²) in [6.45, 7) is 7.35. The van der Waals surface area contributed by atoms with Gasteiger partial charge in [-0.15, -0.1) is 12.3 Å². The van der Waals surface area contributed by atoms with Crippen molar-refractivity contribution in [2.45, 2.75) is 59.3 Å². The molecule has 132 valence electrons. The Morgan fingerprint density at radius 3 is 2.58 bits per heavy atom. The zero-order valence-corrected chi connectivity index (χ0v) is 16.0. The third-order valence-electron chi connectivity index (χ3n) is 8.06. The maximum Gasteiger partial charge on any atom is 0.0256 e. The van der Waals surface area contributed by atoms with Crippen LogP contribution in [0.25, 0.3) is 0 Å². The third kappa shape index (κ3) is 2.41. The van der Waals surface area contributed by atoms with Crippen LogP contribution in [0.2, 0.25) is 0 Å². The minimum absolute atomic E-state index is 0.338. The number of hydrogen-bond acceptors (Lipinski definition) is 1. The molecule has 4 aliphatic carbocycles. The molecule has 0 amide bonds. The summed E-state index contributed by atoms with van der Waals surface area (Å²) in [5.41, 5.74) is 7.00. The molecule has 0 aromatic carbocycles. The summed E-state index contributed by atoms with van der Waals surface area (Å²) < 4.78 is 0. The first-order valence-electron chi connectivity index (χ1n) is 9.93. The van der Waals surface area contributed by atoms with Crippen LogP contribution >= 0.6 is 0 Å². The van der Waals surface area contributed by atoms with Gasteiger partial charge in [0, 0.05) is 11.3 Å². The second kappa shape index (κ2) is 6.38. The fraction of sp³-hybridized carbons (Fsp3) is 0.739. The zero-order chi connectivity index (χ0) is 17.5. The van der Waals surface area contributed by atoms with E-state index in [4.69, 9.17) is 6.42 Å². The van der Waals surface area contributed by atoms with Crippen LogP contribution in [0.3, 0.4) is 0 Å². The maximum absolute atomic E-state index is 5.87. The Hall–Kier alpha value is -1.00. The lowest BCUT2D eigenvalue weighted by molar-refractivity contribution is -0.0254. The summed E-state index contributed by atoms with van der Waals surface area (Å²) in [7, 11) is 1.50. The number of fused-ring (bicyclic) bond motifs is 5. The monoisotopic (exact) mass is 325 g/mol. The van der Waals surface area contributed by atoms with Gasteiger partial charge in [-0.25, -0.2) is 0 Å². The largest absolute Gasteiger partial charge is 0.333 e. The van der Waals surface area contributed by atoms with E-state index in [2.05, 4.69) is 50.7 Å². The highest BCUT2D eigenvalue weighted by atomic mass is 14.6. The lowest BCUT2D eigenvalue weighted by Crippen LogP contribution is -2.49. The van der Waals surface area contributed by atoms with E-state index in [-0.39, 0.29) is 0 Å². The Balaban J connectivity index is 0.000000815. The van der Waals surface area contributed by atoms with Crippen molar-refractivity contribution in [2.75, 3.05) is 7.05 Å². The fourth-order valence-corrected chi connectivity index (χ4v) is 6.76. The molecule has 0 spiro atoms. The normalized spacial score (nSPS) is 48.8. The van der Waals surface area contributed by atoms with Crippen LogP contribution in [0.1, 0.15) is 59.3 Å². The van der Waals surface area contributed by atoms with Gasteiger partial charge in [0.25, 0.3) is 0 Å². The van der Waals surface area contributed by atoms with Crippen LogP contribution in [-0.2, 0) is 0 Å². The Kier molecular flexibility index (Phi) is 4.73. The molecule has 2 N–H and O–H groups in total. The van der Waals surface area contributed by atoms with Gasteiger partial charge in [-0.1, -0.05) is 44.6 Å². The Labute approximate surface area is 149 Å². The van der Waals surface area contributed by atoms with Gasteiger partial charge >= 0.3 is 0 Å². The first-order chi connectivity index (χ1) is 11.5. The molecule has 6 unspecified atom stereocenters. The highest BCUT2D eigenvalue weighted by molar-refractivity contribution is 5.33. The summed E-state index contributed by atoms with van der Waals surface area (Å²) in [5.74, 6) is 6.93. The Morgan fingerprint density at radius 2 is 1.88 bits per heavy atom. The molecule has 7 atom stereocenters. The van der Waals surface area contributed by atoms with Gasteiger partial charge in [-0.2, -0.15) is 0 Å². The highest BCUT2D eigenvalue weighted by Crippen LogP contribution is 2.65. The van der Waals surface area contributed by atoms with Gasteiger partial charge in [0.2, 0.25) is 0 Å². The number of terminal acetylenes is 1. The van der Waals surface area contributed by atoms with E-state index in [0.717, 1.165) is 17.8 Å². The highest BCUT2D eigenvalue weighted by Gasteiger charge is 2.57. The standard InChI is InChI=1S/C22H30.CH5N/c1-5-16-7-9-19-18-8-6-17-14-15(2)10-12-22(17,4)20(18)11-13-21(16,19)3;1-2/h1,10,12,14-16,18-20H,6-9,11,13H2,2-4H3;2H2,1H3/t15-,16?,18?,19?,20?,21?,22?;/m0./s1. The van der Waals surface area contributed by atoms with Crippen LogP contribution in [0, 0.1) is 52.8 Å². The van der Waals surface area contributed by atoms with Crippen molar-refractivity contribution >= 4 is 0 Å². The average Bonchev–Trinajstić information content (AvgIpc) is 2.93. The molecule has 0 bridgehead atoms. The van der Waals surface area contributed by atoms with Crippen LogP contribution < -0.4 is 5.73 Å². The molecule has 3 fully saturated rings. The van der Waals surface area contributed by atoms with Gasteiger partial charge in [-0.3, -0.25) is 0 Å². The smallest absolute Gasteiger partial charge is 0.0256 e. The molecule has 0 aromatic heterocycles. The quantitative estimate of drug-likeness (QED) is 0.481. The number of hydrogen-bond donors (Lipinski definition) is 1. The van der Waals surface area contributed by atoms with Gasteiger partial charge in [0.05, 0.1) is 0 Å². The van der Waals surface area contributed by atoms with Crippen LogP contribution in [0.4, 0.5) is 0 Å². The van der Waals surface area contributed by atoms with Crippen LogP contribution in [0.15, 0.2) is 23.8 Å². The molecule has 1 nitrogen and oxygen atoms in total. The van der Waals surface area contributed by atoms with Crippen LogP contribution in [0.5, 0.6) is 0 Å². The molecule has 24 heavy (non-hydrogen) atoms. The number of nitrogens with two attached hydrogens (primary N) is 1. The Morgan fingerprint density at radius 1 is 1.12 bits per heavy atom. The predicted octanol–water partition coefficient (Wildman–Crippen LogP) is 5.19. The van der Waals surface area contributed by atoms with E-state index in [9.17, 15) is 0 Å². The molecule has 0 aromatic rings. The van der Waals surface area contributed by atoms with Crippen molar-refractivity contribution in [3.05, 3.63) is 23.8 Å². The summed E-state index contributed by atoms with van der Waals surface area (Å²) in [6.07, 6.45) is 21.5. The second-order valence-corrected chi connectivity index (χ2v) is 8.95. The van der Waals surface area contributed by atoms with Gasteiger partial charge in [0.1, 0.15) is 0 Å². The van der Waals surface area contributed by atoms with Crippen molar-refractivity contribution in [3.63, 3.8) is 0 Å². The Bertz CT molecular complexity index is 579. The van der Waals surface area contributed by atoms with Crippen molar-refractivity contribution < 1.29 is 0 Å². The molecule has 0 aliphatic heterocycles. The third-order valence-corrected chi connectivity index (χ3v) is 8.06. The summed E-state index contributed by atoms with van der Waals surface area (Å²) in [6, 6.07) is 0. The SMILES string of the molecule is C#CC1CCC2C3CCC4=C[C@@H](C)C=CC4(C)C3CCC12C.CN. The molecular weight excluding hydrogens is 290 g/mol. The van der Waals surface area contributed by atoms with Gasteiger partial charge < -0.3 is 5.73 Å². The summed E-state index contributed by atoms with van der Waals surface area (Å²) >= 11 is 0. The van der Waals surface area contributed by atoms with Crippen molar-refractivity contribution in [2.24, 2.45) is 46.2 Å². The first-order valence-corrected chi connectivity index (χ1v) is 9.93. The van der Waals surface area contributed by atoms with Gasteiger partial charge in [0.15, 0.2) is 0 Å². The van der Waals surface area contributed by atoms with Crippen molar-refractivity contribution in [1.82, 2.24) is 0 Å². The second-order valence-electron chi connectivity index (χ2n) is 8.95. The lowest BCUT2D eigenvalue weighted by atomic mass is 9.47. The molecule has 0 radical (unpaired) electrons. The van der Waals surface area contributed by atoms with E-state index >= 15 is 0 Å². The minimum atomic E-state index is 0.338. The first kappa shape index (κ1) is 17.8. The van der Waals surface area contributed by atoms with E-state index in [0.29, 0.717) is 22.7 Å². The van der Waals surface area contributed by atoms with Gasteiger partial charge in [-0.05, 0) is 74.7 Å². The number of allylic oxidation sites excluding steroid dienone is 4. The lowest BCUT2D eigenvalue weighted by Gasteiger charge is -2.57. The molecule has 0 heterocycles. The van der Waals surface area contributed by atoms with Crippen LogP contribution in [-0.4, -0.2) is 7.05 Å². The summed E-state index contributed by atoms with van der Waals surface area (Å²) in [5, 5.41) is 0. The summed E-state index contributed by atoms with van der Waals surface area (Å²) in [4.78, 5) is 0. The average molecular weight is 326 g/mol. The van der Waals surface area contributed by atoms with E-state index in [1.165, 1.54) is 45.6 Å². The van der Waals surface area contributed by atoms with E-state index in [1.807, 2.05) is 0 Å². The van der Waals surface area contributed by atoms with E-state index < -0.39 is 0 Å². The number of rotatable bonds is 0. The molecule has 0 saturated heterocycles. The predicted molar refractivity (Wildman–Crippen MR) is 103 cm³/mol. The van der Waals surface area contributed by atoms with Crippen molar-refractivity contribution in [1.29, 1.82) is 0 Å². The molecule has 4 rings (SSSR count). The fourth-order valence-electron chi connectivity index (χ4n) is 6.76.